The molecule has 1 N–H and O–H groups in total. The highest BCUT2D eigenvalue weighted by molar-refractivity contribution is 7.92. The van der Waals surface area contributed by atoms with E-state index in [1.807, 2.05) is 20.8 Å². The van der Waals surface area contributed by atoms with Gasteiger partial charge in [-0.1, -0.05) is 66.6 Å². The van der Waals surface area contributed by atoms with Gasteiger partial charge in [-0.2, -0.15) is 0 Å². The molecule has 3 aromatic carbocycles. The number of hydrogen-bond donors (Lipinski definition) is 1. The molecular formula is C29H33ClFN3O4S. The molecule has 10 heteroatoms. The van der Waals surface area contributed by atoms with Gasteiger partial charge < -0.3 is 10.2 Å². The molecule has 0 aliphatic rings. The van der Waals surface area contributed by atoms with E-state index in [9.17, 15) is 22.4 Å². The Morgan fingerprint density at radius 3 is 2.21 bits per heavy atom. The zero-order valence-corrected chi connectivity index (χ0v) is 24.0. The summed E-state index contributed by atoms with van der Waals surface area (Å²) >= 11 is 6.36. The molecule has 0 heterocycles. The van der Waals surface area contributed by atoms with Gasteiger partial charge in [0.1, 0.15) is 18.4 Å². The van der Waals surface area contributed by atoms with Crippen LogP contribution in [0.25, 0.3) is 0 Å². The number of nitrogens with zero attached hydrogens (tertiary/aromatic N) is 2. The average molecular weight is 574 g/mol. The van der Waals surface area contributed by atoms with Gasteiger partial charge in [-0.15, -0.1) is 0 Å². The topological polar surface area (TPSA) is 86.8 Å². The number of nitrogens with one attached hydrogen (secondary N) is 1. The molecule has 0 aromatic heterocycles. The summed E-state index contributed by atoms with van der Waals surface area (Å²) in [5.74, 6) is -1.90. The van der Waals surface area contributed by atoms with Crippen LogP contribution in [0.2, 0.25) is 5.02 Å². The summed E-state index contributed by atoms with van der Waals surface area (Å²) in [4.78, 5) is 28.1. The molecule has 0 spiro atoms. The molecular weight excluding hydrogens is 541 g/mol. The summed E-state index contributed by atoms with van der Waals surface area (Å²) in [5, 5.41) is 3.25. The van der Waals surface area contributed by atoms with Crippen LogP contribution in [-0.2, 0) is 26.2 Å². The third kappa shape index (κ3) is 7.36. The molecule has 2 amide bonds. The zero-order valence-electron chi connectivity index (χ0n) is 22.4. The number of para-hydroxylation sites is 1. The van der Waals surface area contributed by atoms with Crippen molar-refractivity contribution in [2.45, 2.75) is 57.6 Å². The molecule has 0 bridgehead atoms. The Labute approximate surface area is 234 Å². The predicted molar refractivity (Wildman–Crippen MR) is 151 cm³/mol. The maximum absolute atomic E-state index is 15.0. The Morgan fingerprint density at radius 1 is 0.974 bits per heavy atom. The monoisotopic (exact) mass is 573 g/mol. The van der Waals surface area contributed by atoms with Crippen molar-refractivity contribution in [2.75, 3.05) is 10.8 Å². The van der Waals surface area contributed by atoms with Gasteiger partial charge in [-0.25, -0.2) is 12.8 Å². The standard InChI is InChI=1S/C29H33ClFN3O4S/c1-5-21(3)32-29(36)22(4)33(18-23-10-6-7-11-25(23)30)28(35)19-34(27-13-9-8-12-26(27)31)39(37,38)24-16-14-20(2)15-17-24/h6-17,21-22H,5,18-19H2,1-4H3,(H,32,36). The first-order valence-corrected chi connectivity index (χ1v) is 14.4. The molecule has 0 fully saturated rings. The van der Waals surface area contributed by atoms with Gasteiger partial charge in [-0.05, 0) is 63.1 Å². The van der Waals surface area contributed by atoms with Crippen molar-refractivity contribution in [1.82, 2.24) is 10.2 Å². The molecule has 0 saturated heterocycles. The summed E-state index contributed by atoms with van der Waals surface area (Å²) in [6, 6.07) is 17.2. The van der Waals surface area contributed by atoms with E-state index < -0.39 is 40.2 Å². The highest BCUT2D eigenvalue weighted by Gasteiger charge is 2.34. The van der Waals surface area contributed by atoms with E-state index in [0.717, 1.165) is 15.9 Å². The fraction of sp³-hybridized carbons (Fsp3) is 0.310. The lowest BCUT2D eigenvalue weighted by atomic mass is 10.1. The number of hydrogen-bond acceptors (Lipinski definition) is 4. The summed E-state index contributed by atoms with van der Waals surface area (Å²) in [7, 11) is -4.35. The number of carbonyl (C=O) groups excluding carboxylic acids is 2. The molecule has 7 nitrogen and oxygen atoms in total. The SMILES string of the molecule is CCC(C)NC(=O)C(C)N(Cc1ccccc1Cl)C(=O)CN(c1ccccc1F)S(=O)(=O)c1ccc(C)cc1. The largest absolute Gasteiger partial charge is 0.352 e. The number of benzene rings is 3. The van der Waals surface area contributed by atoms with Crippen molar-refractivity contribution in [2.24, 2.45) is 0 Å². The summed E-state index contributed by atoms with van der Waals surface area (Å²) < 4.78 is 43.2. The van der Waals surface area contributed by atoms with Crippen LogP contribution in [0.4, 0.5) is 10.1 Å². The third-order valence-electron chi connectivity index (χ3n) is 6.48. The van der Waals surface area contributed by atoms with Crippen LogP contribution in [-0.4, -0.2) is 43.8 Å². The Balaban J connectivity index is 2.05. The zero-order chi connectivity index (χ0) is 28.7. The Hall–Kier alpha value is -3.43. The van der Waals surface area contributed by atoms with Gasteiger partial charge in [0, 0.05) is 17.6 Å². The summed E-state index contributed by atoms with van der Waals surface area (Å²) in [6.07, 6.45) is 0.687. The molecule has 3 aromatic rings. The summed E-state index contributed by atoms with van der Waals surface area (Å²) in [6.45, 7) is 6.36. The van der Waals surface area contributed by atoms with E-state index in [1.54, 1.807) is 43.3 Å². The maximum atomic E-state index is 15.0. The minimum atomic E-state index is -4.35. The van der Waals surface area contributed by atoms with E-state index >= 15 is 0 Å². The molecule has 0 aliphatic carbocycles. The van der Waals surface area contributed by atoms with Crippen molar-refractivity contribution in [3.63, 3.8) is 0 Å². The normalized spacial score (nSPS) is 12.9. The highest BCUT2D eigenvalue weighted by Crippen LogP contribution is 2.27. The van der Waals surface area contributed by atoms with Crippen LogP contribution >= 0.6 is 11.6 Å². The van der Waals surface area contributed by atoms with Crippen LogP contribution < -0.4 is 9.62 Å². The molecule has 0 saturated carbocycles. The van der Waals surface area contributed by atoms with Gasteiger partial charge >= 0.3 is 0 Å². The average Bonchev–Trinajstić information content (AvgIpc) is 2.91. The van der Waals surface area contributed by atoms with Crippen LogP contribution in [0.3, 0.4) is 0 Å². The molecule has 2 atom stereocenters. The number of halogens is 2. The van der Waals surface area contributed by atoms with Crippen molar-refractivity contribution in [3.8, 4) is 0 Å². The van der Waals surface area contributed by atoms with E-state index in [2.05, 4.69) is 5.32 Å². The lowest BCUT2D eigenvalue weighted by Crippen LogP contribution is -2.52. The van der Waals surface area contributed by atoms with Crippen molar-refractivity contribution in [3.05, 3.63) is 94.8 Å². The van der Waals surface area contributed by atoms with Crippen LogP contribution in [0.5, 0.6) is 0 Å². The number of sulfonamides is 1. The van der Waals surface area contributed by atoms with E-state index in [1.165, 1.54) is 35.2 Å². The highest BCUT2D eigenvalue weighted by atomic mass is 35.5. The molecule has 39 heavy (non-hydrogen) atoms. The Bertz CT molecular complexity index is 1420. The van der Waals surface area contributed by atoms with Crippen molar-refractivity contribution < 1.29 is 22.4 Å². The van der Waals surface area contributed by atoms with Crippen LogP contribution in [0, 0.1) is 12.7 Å². The lowest BCUT2D eigenvalue weighted by Gasteiger charge is -2.32. The van der Waals surface area contributed by atoms with Gasteiger partial charge in [0.05, 0.1) is 10.6 Å². The second-order valence-corrected chi connectivity index (χ2v) is 11.7. The fourth-order valence-electron chi connectivity index (χ4n) is 3.86. The third-order valence-corrected chi connectivity index (χ3v) is 8.62. The van der Waals surface area contributed by atoms with Gasteiger partial charge in [0.25, 0.3) is 10.0 Å². The quantitative estimate of drug-likeness (QED) is 0.337. The van der Waals surface area contributed by atoms with Gasteiger partial charge in [0.2, 0.25) is 11.8 Å². The second-order valence-electron chi connectivity index (χ2n) is 9.38. The van der Waals surface area contributed by atoms with Gasteiger partial charge in [-0.3, -0.25) is 13.9 Å². The first-order valence-electron chi connectivity index (χ1n) is 12.6. The first-order chi connectivity index (χ1) is 18.4. The molecule has 3 rings (SSSR count). The minimum Gasteiger partial charge on any atom is -0.352 e. The van der Waals surface area contributed by atoms with E-state index in [4.69, 9.17) is 11.6 Å². The van der Waals surface area contributed by atoms with Crippen molar-refractivity contribution in [1.29, 1.82) is 0 Å². The van der Waals surface area contributed by atoms with E-state index in [0.29, 0.717) is 17.0 Å². The maximum Gasteiger partial charge on any atom is 0.264 e. The van der Waals surface area contributed by atoms with E-state index in [-0.39, 0.29) is 23.2 Å². The summed E-state index contributed by atoms with van der Waals surface area (Å²) in [5.41, 5.74) is 1.14. The van der Waals surface area contributed by atoms with Gasteiger partial charge in [0.15, 0.2) is 0 Å². The Kier molecular flexibility index (Phi) is 10.1. The number of amides is 2. The smallest absolute Gasteiger partial charge is 0.264 e. The minimum absolute atomic E-state index is 0.0523. The molecule has 2 unspecified atom stereocenters. The number of carbonyl (C=O) groups is 2. The first kappa shape index (κ1) is 30.1. The molecule has 0 radical (unpaired) electrons. The second kappa shape index (κ2) is 13.1. The number of rotatable bonds is 11. The number of aryl methyl sites for hydroxylation is 1. The molecule has 208 valence electrons. The predicted octanol–water partition coefficient (Wildman–Crippen LogP) is 5.31. The Morgan fingerprint density at radius 2 is 1.59 bits per heavy atom. The van der Waals surface area contributed by atoms with Crippen LogP contribution in [0.1, 0.15) is 38.3 Å². The molecule has 0 aliphatic heterocycles. The van der Waals surface area contributed by atoms with Crippen molar-refractivity contribution >= 4 is 39.1 Å². The lowest BCUT2D eigenvalue weighted by molar-refractivity contribution is -0.139. The van der Waals surface area contributed by atoms with Crippen LogP contribution in [0.15, 0.2) is 77.7 Å². The fourth-order valence-corrected chi connectivity index (χ4v) is 5.48. The number of anilines is 1.